The zero-order chi connectivity index (χ0) is 18.8. The number of benzene rings is 1. The van der Waals surface area contributed by atoms with Crippen molar-refractivity contribution in [2.45, 2.75) is 0 Å². The molecule has 2 N–H and O–H groups in total. The smallest absolute Gasteiger partial charge is 0.255 e. The van der Waals surface area contributed by atoms with E-state index >= 15 is 0 Å². The van der Waals surface area contributed by atoms with Crippen LogP contribution in [0.3, 0.4) is 0 Å². The molecule has 1 aromatic carbocycles. The van der Waals surface area contributed by atoms with Gasteiger partial charge in [0.15, 0.2) is 5.82 Å². The van der Waals surface area contributed by atoms with E-state index in [4.69, 9.17) is 10.5 Å². The monoisotopic (exact) mass is 397 g/mol. The highest BCUT2D eigenvalue weighted by Gasteiger charge is 2.11. The number of nitrogen functional groups attached to an aromatic ring is 1. The van der Waals surface area contributed by atoms with Gasteiger partial charge in [-0.1, -0.05) is 0 Å². The fraction of sp³-hybridized carbons (Fsp3) is 0.0500. The highest BCUT2D eigenvalue weighted by molar-refractivity contribution is 5.85. The Labute approximate surface area is 167 Å². The Morgan fingerprint density at radius 2 is 1.75 bits per heavy atom. The van der Waals surface area contributed by atoms with Crippen LogP contribution in [-0.2, 0) is 7.05 Å². The average molecular weight is 398 g/mol. The number of aryl methyl sites for hydroxylation is 1. The van der Waals surface area contributed by atoms with E-state index < -0.39 is 5.82 Å². The molecular formula is C20H17ClFN5O. The highest BCUT2D eigenvalue weighted by Crippen LogP contribution is 2.28. The maximum atomic E-state index is 14.4. The maximum absolute atomic E-state index is 14.4. The Kier molecular flexibility index (Phi) is 5.56. The molecule has 4 rings (SSSR count). The van der Waals surface area contributed by atoms with Gasteiger partial charge in [0.05, 0.1) is 23.3 Å². The Balaban J connectivity index is 0.00000225. The second-order valence-corrected chi connectivity index (χ2v) is 5.95. The molecule has 0 aliphatic heterocycles. The number of hydrogen-bond acceptors (Lipinski definition) is 5. The van der Waals surface area contributed by atoms with E-state index in [1.807, 2.05) is 18.2 Å². The van der Waals surface area contributed by atoms with Crippen molar-refractivity contribution < 1.29 is 9.13 Å². The molecule has 0 unspecified atom stereocenters. The molecular weight excluding hydrogens is 381 g/mol. The summed E-state index contributed by atoms with van der Waals surface area (Å²) in [5.74, 6) is -0.147. The molecule has 0 aliphatic rings. The SMILES string of the molecule is Cl.Cn1nccc1-c1cnc(Oc2ccc(-c3ccc(N)cn3)cc2)c(F)c1. The fourth-order valence-electron chi connectivity index (χ4n) is 2.68. The van der Waals surface area contributed by atoms with Crippen molar-refractivity contribution in [2.75, 3.05) is 5.73 Å². The minimum Gasteiger partial charge on any atom is -0.436 e. The van der Waals surface area contributed by atoms with E-state index in [0.717, 1.165) is 17.0 Å². The van der Waals surface area contributed by atoms with Crippen LogP contribution in [0.5, 0.6) is 11.6 Å². The second kappa shape index (κ2) is 8.06. The van der Waals surface area contributed by atoms with Crippen LogP contribution < -0.4 is 10.5 Å². The lowest BCUT2D eigenvalue weighted by molar-refractivity contribution is 0.423. The molecule has 0 aliphatic carbocycles. The normalized spacial score (nSPS) is 10.4. The van der Waals surface area contributed by atoms with Crippen LogP contribution in [0.1, 0.15) is 0 Å². The molecule has 8 heteroatoms. The summed E-state index contributed by atoms with van der Waals surface area (Å²) < 4.78 is 21.6. The van der Waals surface area contributed by atoms with Gasteiger partial charge in [0.1, 0.15) is 5.75 Å². The Bertz CT molecular complexity index is 1080. The molecule has 0 saturated heterocycles. The molecule has 3 heterocycles. The molecule has 6 nitrogen and oxygen atoms in total. The van der Waals surface area contributed by atoms with Gasteiger partial charge in [-0.3, -0.25) is 9.67 Å². The van der Waals surface area contributed by atoms with Gasteiger partial charge in [-0.25, -0.2) is 9.37 Å². The lowest BCUT2D eigenvalue weighted by atomic mass is 10.1. The number of ether oxygens (including phenoxy) is 1. The minimum absolute atomic E-state index is 0. The zero-order valence-electron chi connectivity index (χ0n) is 14.9. The molecule has 0 atom stereocenters. The van der Waals surface area contributed by atoms with Crippen molar-refractivity contribution >= 4 is 18.1 Å². The van der Waals surface area contributed by atoms with E-state index in [1.165, 1.54) is 6.07 Å². The number of aromatic nitrogens is 4. The summed E-state index contributed by atoms with van der Waals surface area (Å²) in [5, 5.41) is 4.07. The number of anilines is 1. The summed E-state index contributed by atoms with van der Waals surface area (Å²) in [6.07, 6.45) is 4.81. The van der Waals surface area contributed by atoms with Crippen LogP contribution in [0.25, 0.3) is 22.5 Å². The summed E-state index contributed by atoms with van der Waals surface area (Å²) in [4.78, 5) is 8.37. The zero-order valence-corrected chi connectivity index (χ0v) is 15.7. The molecule has 28 heavy (non-hydrogen) atoms. The number of hydrogen-bond donors (Lipinski definition) is 1. The highest BCUT2D eigenvalue weighted by atomic mass is 35.5. The van der Waals surface area contributed by atoms with E-state index in [2.05, 4.69) is 15.1 Å². The first-order valence-corrected chi connectivity index (χ1v) is 8.24. The van der Waals surface area contributed by atoms with Gasteiger partial charge >= 0.3 is 0 Å². The third kappa shape index (κ3) is 3.94. The van der Waals surface area contributed by atoms with E-state index in [-0.39, 0.29) is 18.3 Å². The van der Waals surface area contributed by atoms with Crippen LogP contribution in [0.4, 0.5) is 10.1 Å². The first-order chi connectivity index (χ1) is 13.1. The number of nitrogens with zero attached hydrogens (tertiary/aromatic N) is 4. The molecule has 0 spiro atoms. The summed E-state index contributed by atoms with van der Waals surface area (Å²) in [5.41, 5.74) is 9.35. The molecule has 0 saturated carbocycles. The molecule has 0 bridgehead atoms. The first-order valence-electron chi connectivity index (χ1n) is 8.24. The van der Waals surface area contributed by atoms with E-state index in [0.29, 0.717) is 17.0 Å². The van der Waals surface area contributed by atoms with Crippen LogP contribution in [0.15, 0.2) is 67.1 Å². The minimum atomic E-state index is -0.544. The van der Waals surface area contributed by atoms with Gasteiger partial charge in [-0.2, -0.15) is 5.10 Å². The summed E-state index contributed by atoms with van der Waals surface area (Å²) in [7, 11) is 1.79. The fourth-order valence-corrected chi connectivity index (χ4v) is 2.68. The van der Waals surface area contributed by atoms with Crippen molar-refractivity contribution in [3.8, 4) is 34.1 Å². The Morgan fingerprint density at radius 3 is 2.36 bits per heavy atom. The third-order valence-corrected chi connectivity index (χ3v) is 4.08. The van der Waals surface area contributed by atoms with Crippen LogP contribution in [0, 0.1) is 5.82 Å². The standard InChI is InChI=1S/C20H16FN5O.ClH/c1-26-19(8-9-25-26)14-10-17(21)20(24-11-14)27-16-5-2-13(3-6-16)18-7-4-15(22)12-23-18;/h2-12H,22H2,1H3;1H. The van der Waals surface area contributed by atoms with Gasteiger partial charge in [0.25, 0.3) is 5.88 Å². The van der Waals surface area contributed by atoms with Gasteiger partial charge in [-0.15, -0.1) is 12.4 Å². The Hall–Kier alpha value is -3.45. The van der Waals surface area contributed by atoms with Crippen molar-refractivity contribution in [2.24, 2.45) is 7.05 Å². The molecule has 4 aromatic rings. The van der Waals surface area contributed by atoms with Gasteiger partial charge < -0.3 is 10.5 Å². The predicted molar refractivity (Wildman–Crippen MR) is 108 cm³/mol. The van der Waals surface area contributed by atoms with Crippen molar-refractivity contribution in [1.29, 1.82) is 0 Å². The molecule has 0 radical (unpaired) electrons. The maximum Gasteiger partial charge on any atom is 0.255 e. The quantitative estimate of drug-likeness (QED) is 0.549. The lowest BCUT2D eigenvalue weighted by Crippen LogP contribution is -1.97. The summed E-state index contributed by atoms with van der Waals surface area (Å²) >= 11 is 0. The van der Waals surface area contributed by atoms with Crippen molar-refractivity contribution in [3.63, 3.8) is 0 Å². The number of nitrogens with two attached hydrogens (primary N) is 1. The third-order valence-electron chi connectivity index (χ3n) is 4.08. The lowest BCUT2D eigenvalue weighted by Gasteiger charge is -2.08. The average Bonchev–Trinajstić information content (AvgIpc) is 3.11. The van der Waals surface area contributed by atoms with Gasteiger partial charge in [0.2, 0.25) is 0 Å². The molecule has 142 valence electrons. The van der Waals surface area contributed by atoms with E-state index in [1.54, 1.807) is 54.6 Å². The summed E-state index contributed by atoms with van der Waals surface area (Å²) in [6.45, 7) is 0. The topological polar surface area (TPSA) is 78.8 Å². The predicted octanol–water partition coefficient (Wildman–Crippen LogP) is 4.48. The van der Waals surface area contributed by atoms with Crippen molar-refractivity contribution in [3.05, 3.63) is 72.9 Å². The molecule has 3 aromatic heterocycles. The van der Waals surface area contributed by atoms with E-state index in [9.17, 15) is 4.39 Å². The van der Waals surface area contributed by atoms with Crippen LogP contribution in [0.2, 0.25) is 0 Å². The number of halogens is 2. The first kappa shape index (κ1) is 19.3. The molecule has 0 amide bonds. The van der Waals surface area contributed by atoms with Crippen molar-refractivity contribution in [1.82, 2.24) is 19.7 Å². The van der Waals surface area contributed by atoms with Crippen LogP contribution >= 0.6 is 12.4 Å². The van der Waals surface area contributed by atoms with Gasteiger partial charge in [0, 0.05) is 30.6 Å². The molecule has 0 fully saturated rings. The number of rotatable bonds is 4. The summed E-state index contributed by atoms with van der Waals surface area (Å²) in [6, 6.07) is 14.0. The van der Waals surface area contributed by atoms with Crippen LogP contribution in [-0.4, -0.2) is 19.7 Å². The number of pyridine rings is 2. The largest absolute Gasteiger partial charge is 0.436 e. The van der Waals surface area contributed by atoms with Gasteiger partial charge in [-0.05, 0) is 48.5 Å². The Morgan fingerprint density at radius 1 is 0.964 bits per heavy atom. The second-order valence-electron chi connectivity index (χ2n) is 5.95.